The summed E-state index contributed by atoms with van der Waals surface area (Å²) in [5, 5.41) is 2.65. The first kappa shape index (κ1) is 35.2. The Morgan fingerprint density at radius 3 is 1.64 bits per heavy atom. The van der Waals surface area contributed by atoms with Crippen molar-refractivity contribution in [3.8, 4) is 55.6 Å². The highest BCUT2D eigenvalue weighted by Gasteiger charge is 2.35. The van der Waals surface area contributed by atoms with Gasteiger partial charge >= 0.3 is 0 Å². The zero-order valence-electron chi connectivity index (χ0n) is 33.1. The third kappa shape index (κ3) is 5.99. The summed E-state index contributed by atoms with van der Waals surface area (Å²) in [6.07, 6.45) is 0. The monoisotopic (exact) mass is 771 g/mol. The Morgan fingerprint density at radius 1 is 0.356 bits per heavy atom. The lowest BCUT2D eigenvalue weighted by Crippen LogP contribution is -2.15. The highest BCUT2D eigenvalue weighted by molar-refractivity contribution is 7.25. The van der Waals surface area contributed by atoms with Crippen molar-refractivity contribution in [2.24, 2.45) is 0 Å². The molecule has 2 heteroatoms. The van der Waals surface area contributed by atoms with Gasteiger partial charge in [0.15, 0.2) is 0 Å². The van der Waals surface area contributed by atoms with Crippen LogP contribution in [-0.4, -0.2) is 0 Å². The Labute approximate surface area is 350 Å². The molecule has 0 saturated heterocycles. The summed E-state index contributed by atoms with van der Waals surface area (Å²) in [5.74, 6) is 0. The summed E-state index contributed by atoms with van der Waals surface area (Å²) in [5.41, 5.74) is 18.3. The van der Waals surface area contributed by atoms with E-state index in [1.165, 1.54) is 86.9 Å². The number of hydrogen-bond acceptors (Lipinski definition) is 2. The quantitative estimate of drug-likeness (QED) is 0.156. The fourth-order valence-corrected chi connectivity index (χ4v) is 10.5. The van der Waals surface area contributed by atoms with E-state index in [4.69, 9.17) is 0 Å². The molecule has 1 heterocycles. The van der Waals surface area contributed by atoms with E-state index in [0.717, 1.165) is 17.1 Å². The zero-order chi connectivity index (χ0) is 39.5. The van der Waals surface area contributed by atoms with Crippen molar-refractivity contribution in [2.45, 2.75) is 19.3 Å². The fraction of sp³-hybridized carbons (Fsp3) is 0.0526. The van der Waals surface area contributed by atoms with Crippen LogP contribution in [0.15, 0.2) is 212 Å². The maximum Gasteiger partial charge on any atom is 0.0546 e. The van der Waals surface area contributed by atoms with Crippen molar-refractivity contribution >= 4 is 48.6 Å². The van der Waals surface area contributed by atoms with E-state index in [2.05, 4.69) is 231 Å². The highest BCUT2D eigenvalue weighted by atomic mass is 32.1. The molecule has 9 aromatic carbocycles. The van der Waals surface area contributed by atoms with Crippen molar-refractivity contribution in [2.75, 3.05) is 4.90 Å². The van der Waals surface area contributed by atoms with Crippen LogP contribution in [0.2, 0.25) is 0 Å². The molecule has 1 aliphatic rings. The summed E-state index contributed by atoms with van der Waals surface area (Å²) < 4.78 is 2.64. The molecule has 1 aromatic heterocycles. The Balaban J connectivity index is 1.07. The van der Waals surface area contributed by atoms with E-state index in [1.807, 2.05) is 11.3 Å². The molecule has 10 aromatic rings. The Bertz CT molecular complexity index is 3160. The van der Waals surface area contributed by atoms with Gasteiger partial charge in [-0.2, -0.15) is 0 Å². The van der Waals surface area contributed by atoms with Gasteiger partial charge in [-0.1, -0.05) is 178 Å². The molecule has 0 saturated carbocycles. The maximum absolute atomic E-state index is 2.45. The molecule has 0 unspecified atom stereocenters. The summed E-state index contributed by atoms with van der Waals surface area (Å²) in [6.45, 7) is 4.72. The predicted octanol–water partition coefficient (Wildman–Crippen LogP) is 16.5. The molecule has 0 N–H and O–H groups in total. The molecular formula is C57H41NS. The number of nitrogens with zero attached hydrogens (tertiary/aromatic N) is 1. The van der Waals surface area contributed by atoms with Gasteiger partial charge in [0, 0.05) is 42.5 Å². The number of rotatable bonds is 7. The molecule has 0 aliphatic heterocycles. The van der Waals surface area contributed by atoms with Crippen molar-refractivity contribution in [3.05, 3.63) is 223 Å². The van der Waals surface area contributed by atoms with Crippen LogP contribution in [-0.2, 0) is 5.41 Å². The van der Waals surface area contributed by atoms with E-state index in [0.29, 0.717) is 0 Å². The van der Waals surface area contributed by atoms with E-state index in [1.54, 1.807) is 0 Å². The van der Waals surface area contributed by atoms with Gasteiger partial charge in [0.2, 0.25) is 0 Å². The molecule has 280 valence electrons. The molecule has 0 spiro atoms. The topological polar surface area (TPSA) is 3.24 Å². The van der Waals surface area contributed by atoms with Gasteiger partial charge in [0.1, 0.15) is 0 Å². The number of hydrogen-bond donors (Lipinski definition) is 0. The minimum atomic E-state index is -0.0950. The van der Waals surface area contributed by atoms with Gasteiger partial charge in [-0.15, -0.1) is 11.3 Å². The molecule has 0 atom stereocenters. The lowest BCUT2D eigenvalue weighted by atomic mass is 9.81. The molecule has 11 rings (SSSR count). The van der Waals surface area contributed by atoms with Gasteiger partial charge in [0.05, 0.1) is 5.69 Å². The van der Waals surface area contributed by atoms with Crippen molar-refractivity contribution in [1.82, 2.24) is 0 Å². The van der Waals surface area contributed by atoms with Gasteiger partial charge in [-0.05, 0) is 110 Å². The maximum atomic E-state index is 2.45. The molecule has 0 fully saturated rings. The molecular weight excluding hydrogens is 731 g/mol. The second-order valence-electron chi connectivity index (χ2n) is 16.1. The van der Waals surface area contributed by atoms with E-state index in [9.17, 15) is 0 Å². The highest BCUT2D eigenvalue weighted by Crippen LogP contribution is 2.51. The fourth-order valence-electron chi connectivity index (χ4n) is 9.32. The number of anilines is 3. The van der Waals surface area contributed by atoms with Gasteiger partial charge in [-0.25, -0.2) is 0 Å². The number of thiophene rings is 1. The number of fused-ring (bicyclic) bond motifs is 6. The zero-order valence-corrected chi connectivity index (χ0v) is 33.9. The third-order valence-corrected chi connectivity index (χ3v) is 13.4. The lowest BCUT2D eigenvalue weighted by Gasteiger charge is -2.30. The van der Waals surface area contributed by atoms with Gasteiger partial charge in [0.25, 0.3) is 0 Å². The van der Waals surface area contributed by atoms with Gasteiger partial charge < -0.3 is 4.90 Å². The van der Waals surface area contributed by atoms with E-state index >= 15 is 0 Å². The predicted molar refractivity (Wildman–Crippen MR) is 253 cm³/mol. The molecule has 0 amide bonds. The molecule has 1 nitrogen and oxygen atoms in total. The largest absolute Gasteiger partial charge is 0.310 e. The van der Waals surface area contributed by atoms with Crippen molar-refractivity contribution in [1.29, 1.82) is 0 Å². The second kappa shape index (κ2) is 14.1. The van der Waals surface area contributed by atoms with Crippen LogP contribution in [0.5, 0.6) is 0 Å². The van der Waals surface area contributed by atoms with Crippen LogP contribution in [0, 0.1) is 0 Å². The van der Waals surface area contributed by atoms with Gasteiger partial charge in [-0.3, -0.25) is 0 Å². The smallest absolute Gasteiger partial charge is 0.0546 e. The summed E-state index contributed by atoms with van der Waals surface area (Å²) >= 11 is 1.87. The van der Waals surface area contributed by atoms with Crippen molar-refractivity contribution in [3.63, 3.8) is 0 Å². The standard InChI is InChI=1S/C57H41NS/c1-57(2)51-21-11-9-18-47(51)48-34-29-43(36-52(48)57)46-20-13-22-53(56(46)41-16-7-4-8-17-41)58(44-30-24-39(25-31-44)38-14-5-3-6-15-38)45-32-26-40(27-33-45)42-28-35-50-49-19-10-12-23-54(49)59-55(50)37-42/h3-37H,1-2H3. The molecule has 1 aliphatic carbocycles. The van der Waals surface area contributed by atoms with Crippen LogP contribution in [0.1, 0.15) is 25.0 Å². The minimum absolute atomic E-state index is 0.0950. The first-order valence-corrected chi connectivity index (χ1v) is 21.2. The summed E-state index contributed by atoms with van der Waals surface area (Å²) in [7, 11) is 0. The normalized spacial score (nSPS) is 12.7. The van der Waals surface area contributed by atoms with E-state index in [-0.39, 0.29) is 5.41 Å². The molecule has 0 radical (unpaired) electrons. The van der Waals surface area contributed by atoms with Crippen LogP contribution in [0.4, 0.5) is 17.1 Å². The minimum Gasteiger partial charge on any atom is -0.310 e. The first-order chi connectivity index (χ1) is 29.0. The lowest BCUT2D eigenvalue weighted by molar-refractivity contribution is 0.660. The average molecular weight is 772 g/mol. The van der Waals surface area contributed by atoms with Crippen LogP contribution >= 0.6 is 11.3 Å². The Morgan fingerprint density at radius 2 is 0.898 bits per heavy atom. The van der Waals surface area contributed by atoms with E-state index < -0.39 is 0 Å². The third-order valence-electron chi connectivity index (χ3n) is 12.3. The first-order valence-electron chi connectivity index (χ1n) is 20.4. The Hall–Kier alpha value is -7.00. The average Bonchev–Trinajstić information content (AvgIpc) is 3.78. The second-order valence-corrected chi connectivity index (χ2v) is 17.2. The van der Waals surface area contributed by atoms with Crippen LogP contribution < -0.4 is 4.90 Å². The van der Waals surface area contributed by atoms with Crippen molar-refractivity contribution < 1.29 is 0 Å². The van der Waals surface area contributed by atoms with Crippen LogP contribution in [0.25, 0.3) is 75.8 Å². The Kier molecular flexibility index (Phi) is 8.43. The molecule has 59 heavy (non-hydrogen) atoms. The summed E-state index contributed by atoms with van der Waals surface area (Å²) in [6, 6.07) is 78.1. The summed E-state index contributed by atoms with van der Waals surface area (Å²) in [4.78, 5) is 2.44. The molecule has 0 bridgehead atoms. The SMILES string of the molecule is CC1(C)c2ccccc2-c2ccc(-c3cccc(N(c4ccc(-c5ccccc5)cc4)c4ccc(-c5ccc6c(c5)sc5ccccc56)cc4)c3-c3ccccc3)cc21. The van der Waals surface area contributed by atoms with Crippen LogP contribution in [0.3, 0.4) is 0 Å². The number of benzene rings is 9.